The zero-order valence-corrected chi connectivity index (χ0v) is 10.3. The summed E-state index contributed by atoms with van der Waals surface area (Å²) < 4.78 is 5.38. The Morgan fingerprint density at radius 3 is 2.33 bits per heavy atom. The van der Waals surface area contributed by atoms with Gasteiger partial charge < -0.3 is 15.0 Å². The summed E-state index contributed by atoms with van der Waals surface area (Å²) in [4.78, 5) is 2.58. The van der Waals surface area contributed by atoms with Crippen molar-refractivity contribution in [3.63, 3.8) is 0 Å². The Labute approximate surface area is 93.2 Å². The molecule has 0 aromatic carbocycles. The fourth-order valence-electron chi connectivity index (χ4n) is 2.42. The quantitative estimate of drug-likeness (QED) is 0.754. The Kier molecular flexibility index (Phi) is 3.06. The molecular weight excluding hydrogens is 188 g/mol. The molecular formula is C12H24N2O. The molecule has 0 aromatic rings. The van der Waals surface area contributed by atoms with Crippen molar-refractivity contribution in [3.8, 4) is 0 Å². The number of ether oxygens (including phenoxy) is 1. The van der Waals surface area contributed by atoms with Crippen LogP contribution in [-0.4, -0.2) is 50.8 Å². The third-order valence-corrected chi connectivity index (χ3v) is 4.30. The van der Waals surface area contributed by atoms with Crippen molar-refractivity contribution >= 4 is 0 Å². The Balaban J connectivity index is 1.90. The smallest absolute Gasteiger partial charge is 0.0547 e. The molecule has 0 spiro atoms. The molecule has 0 bridgehead atoms. The van der Waals surface area contributed by atoms with E-state index >= 15 is 0 Å². The number of nitrogens with zero attached hydrogens (tertiary/aromatic N) is 1. The third-order valence-electron chi connectivity index (χ3n) is 4.30. The summed E-state index contributed by atoms with van der Waals surface area (Å²) in [6.07, 6.45) is 0. The standard InChI is InChI=1S/C12H24N2O/c1-11(2,12(3)9-15-10-12)8-14-6-4-13-5-7-14/h13H,4-10H2,1-3H3. The van der Waals surface area contributed by atoms with Crippen LogP contribution in [0.25, 0.3) is 0 Å². The highest BCUT2D eigenvalue weighted by Crippen LogP contribution is 2.44. The highest BCUT2D eigenvalue weighted by molar-refractivity contribution is 4.96. The molecule has 2 heterocycles. The monoisotopic (exact) mass is 212 g/mol. The first-order valence-electron chi connectivity index (χ1n) is 6.04. The Morgan fingerprint density at radius 2 is 1.87 bits per heavy atom. The third kappa shape index (κ3) is 2.19. The Morgan fingerprint density at radius 1 is 1.27 bits per heavy atom. The number of nitrogens with one attached hydrogen (secondary N) is 1. The molecule has 1 N–H and O–H groups in total. The van der Waals surface area contributed by atoms with Crippen LogP contribution in [0.15, 0.2) is 0 Å². The van der Waals surface area contributed by atoms with Gasteiger partial charge in [-0.3, -0.25) is 0 Å². The number of piperazine rings is 1. The maximum absolute atomic E-state index is 5.38. The van der Waals surface area contributed by atoms with Crippen LogP contribution < -0.4 is 5.32 Å². The van der Waals surface area contributed by atoms with Crippen molar-refractivity contribution in [2.24, 2.45) is 10.8 Å². The molecule has 2 aliphatic heterocycles. The maximum atomic E-state index is 5.38. The molecule has 3 heteroatoms. The van der Waals surface area contributed by atoms with Crippen molar-refractivity contribution in [2.45, 2.75) is 20.8 Å². The van der Waals surface area contributed by atoms with E-state index in [4.69, 9.17) is 4.74 Å². The van der Waals surface area contributed by atoms with Crippen LogP contribution in [0.4, 0.5) is 0 Å². The first kappa shape index (κ1) is 11.4. The summed E-state index contributed by atoms with van der Waals surface area (Å²) in [5.74, 6) is 0. The molecule has 15 heavy (non-hydrogen) atoms. The zero-order chi connectivity index (χ0) is 10.9. The lowest BCUT2D eigenvalue weighted by molar-refractivity contribution is -0.169. The topological polar surface area (TPSA) is 24.5 Å². The first-order valence-corrected chi connectivity index (χ1v) is 6.04. The summed E-state index contributed by atoms with van der Waals surface area (Å²) in [6, 6.07) is 0. The lowest BCUT2D eigenvalue weighted by Gasteiger charge is -2.52. The highest BCUT2D eigenvalue weighted by atomic mass is 16.5. The molecule has 0 saturated carbocycles. The van der Waals surface area contributed by atoms with E-state index in [1.165, 1.54) is 19.6 Å². The van der Waals surface area contributed by atoms with Crippen LogP contribution in [-0.2, 0) is 4.74 Å². The van der Waals surface area contributed by atoms with E-state index in [-0.39, 0.29) is 0 Å². The fraction of sp³-hybridized carbons (Fsp3) is 1.00. The van der Waals surface area contributed by atoms with Gasteiger partial charge in [-0.1, -0.05) is 20.8 Å². The first-order chi connectivity index (χ1) is 7.04. The van der Waals surface area contributed by atoms with Gasteiger partial charge in [-0.25, -0.2) is 0 Å². The van der Waals surface area contributed by atoms with Gasteiger partial charge in [0.25, 0.3) is 0 Å². The minimum absolute atomic E-state index is 0.364. The number of hydrogen-bond acceptors (Lipinski definition) is 3. The fourth-order valence-corrected chi connectivity index (χ4v) is 2.42. The minimum Gasteiger partial charge on any atom is -0.380 e. The highest BCUT2D eigenvalue weighted by Gasteiger charge is 2.47. The maximum Gasteiger partial charge on any atom is 0.0547 e. The summed E-state index contributed by atoms with van der Waals surface area (Å²) in [5, 5.41) is 3.40. The van der Waals surface area contributed by atoms with E-state index in [0.717, 1.165) is 26.3 Å². The minimum atomic E-state index is 0.364. The van der Waals surface area contributed by atoms with Crippen LogP contribution in [0.3, 0.4) is 0 Å². The molecule has 2 aliphatic rings. The van der Waals surface area contributed by atoms with E-state index in [0.29, 0.717) is 10.8 Å². The molecule has 0 atom stereocenters. The number of rotatable bonds is 3. The van der Waals surface area contributed by atoms with Crippen molar-refractivity contribution < 1.29 is 4.74 Å². The molecule has 0 aromatic heterocycles. The van der Waals surface area contributed by atoms with Crippen LogP contribution in [0, 0.1) is 10.8 Å². The van der Waals surface area contributed by atoms with E-state index < -0.39 is 0 Å². The summed E-state index contributed by atoms with van der Waals surface area (Å²) in [6.45, 7) is 14.9. The molecule has 88 valence electrons. The van der Waals surface area contributed by atoms with E-state index in [9.17, 15) is 0 Å². The second-order valence-corrected chi connectivity index (χ2v) is 5.96. The van der Waals surface area contributed by atoms with Crippen molar-refractivity contribution in [1.29, 1.82) is 0 Å². The van der Waals surface area contributed by atoms with Crippen molar-refractivity contribution in [2.75, 3.05) is 45.9 Å². The molecule has 3 nitrogen and oxygen atoms in total. The SMILES string of the molecule is CC(C)(CN1CCNCC1)C1(C)COC1. The predicted molar refractivity (Wildman–Crippen MR) is 62.0 cm³/mol. The molecule has 2 fully saturated rings. The normalized spacial score (nSPS) is 27.4. The van der Waals surface area contributed by atoms with Crippen LogP contribution in [0.2, 0.25) is 0 Å². The second kappa shape index (κ2) is 4.04. The molecule has 0 unspecified atom stereocenters. The van der Waals surface area contributed by atoms with E-state index in [2.05, 4.69) is 31.0 Å². The van der Waals surface area contributed by atoms with Gasteiger partial charge in [0, 0.05) is 38.1 Å². The molecule has 0 aliphatic carbocycles. The average molecular weight is 212 g/mol. The van der Waals surface area contributed by atoms with Gasteiger partial charge in [-0.15, -0.1) is 0 Å². The number of hydrogen-bond donors (Lipinski definition) is 1. The van der Waals surface area contributed by atoms with Gasteiger partial charge in [-0.05, 0) is 5.41 Å². The van der Waals surface area contributed by atoms with Crippen molar-refractivity contribution in [1.82, 2.24) is 10.2 Å². The average Bonchev–Trinajstić information content (AvgIpc) is 2.15. The molecule has 2 saturated heterocycles. The molecule has 0 amide bonds. The van der Waals surface area contributed by atoms with Crippen LogP contribution >= 0.6 is 0 Å². The van der Waals surface area contributed by atoms with Crippen LogP contribution in [0.1, 0.15) is 20.8 Å². The largest absolute Gasteiger partial charge is 0.380 e. The van der Waals surface area contributed by atoms with Gasteiger partial charge in [0.2, 0.25) is 0 Å². The molecule has 0 radical (unpaired) electrons. The van der Waals surface area contributed by atoms with Gasteiger partial charge >= 0.3 is 0 Å². The van der Waals surface area contributed by atoms with Gasteiger partial charge in [0.1, 0.15) is 0 Å². The van der Waals surface area contributed by atoms with E-state index in [1.807, 2.05) is 0 Å². The summed E-state index contributed by atoms with van der Waals surface area (Å²) in [7, 11) is 0. The Hall–Kier alpha value is -0.120. The van der Waals surface area contributed by atoms with E-state index in [1.54, 1.807) is 0 Å². The second-order valence-electron chi connectivity index (χ2n) is 5.96. The summed E-state index contributed by atoms with van der Waals surface area (Å²) >= 11 is 0. The van der Waals surface area contributed by atoms with Gasteiger partial charge in [0.15, 0.2) is 0 Å². The van der Waals surface area contributed by atoms with Crippen molar-refractivity contribution in [3.05, 3.63) is 0 Å². The van der Waals surface area contributed by atoms with Gasteiger partial charge in [0.05, 0.1) is 13.2 Å². The Bertz CT molecular complexity index is 218. The lowest BCUT2D eigenvalue weighted by atomic mass is 9.65. The van der Waals surface area contributed by atoms with Gasteiger partial charge in [-0.2, -0.15) is 0 Å². The predicted octanol–water partition coefficient (Wildman–Crippen LogP) is 0.954. The van der Waals surface area contributed by atoms with Crippen LogP contribution in [0.5, 0.6) is 0 Å². The summed E-state index contributed by atoms with van der Waals surface area (Å²) in [5.41, 5.74) is 0.750. The zero-order valence-electron chi connectivity index (χ0n) is 10.3. The molecule has 2 rings (SSSR count). The lowest BCUT2D eigenvalue weighted by Crippen LogP contribution is -2.57.